The highest BCUT2D eigenvalue weighted by atomic mass is 16.7. The first kappa shape index (κ1) is 50.2. The maximum Gasteiger partial charge on any atom is 0.306 e. The molecule has 1 aliphatic rings. The summed E-state index contributed by atoms with van der Waals surface area (Å²) < 4.78 is 22.7. The van der Waals surface area contributed by atoms with E-state index in [0.717, 1.165) is 32.1 Å². The minimum Gasteiger partial charge on any atom is -0.457 e. The van der Waals surface area contributed by atoms with Crippen molar-refractivity contribution in [3.05, 3.63) is 0 Å². The van der Waals surface area contributed by atoms with Crippen LogP contribution < -0.4 is 0 Å². The van der Waals surface area contributed by atoms with Gasteiger partial charge in [-0.25, -0.2) is 0 Å². The summed E-state index contributed by atoms with van der Waals surface area (Å²) >= 11 is 0. The van der Waals surface area contributed by atoms with Crippen molar-refractivity contribution >= 4 is 5.97 Å². The number of carbonyl (C=O) groups is 1. The molecule has 0 bridgehead atoms. The molecule has 0 radical (unpaired) electrons. The second-order valence-electron chi connectivity index (χ2n) is 15.9. The van der Waals surface area contributed by atoms with Gasteiger partial charge in [0, 0.05) is 13.0 Å². The Bertz CT molecular complexity index is 782. The topological polar surface area (TPSA) is 135 Å². The van der Waals surface area contributed by atoms with Crippen LogP contribution in [0.2, 0.25) is 0 Å². The molecule has 0 aliphatic carbocycles. The van der Waals surface area contributed by atoms with Crippen molar-refractivity contribution in [3.63, 3.8) is 0 Å². The maximum absolute atomic E-state index is 12.7. The minimum absolute atomic E-state index is 0.106. The van der Waals surface area contributed by atoms with Gasteiger partial charge >= 0.3 is 5.97 Å². The lowest BCUT2D eigenvalue weighted by Gasteiger charge is -2.39. The third-order valence-corrected chi connectivity index (χ3v) is 10.8. The fourth-order valence-corrected chi connectivity index (χ4v) is 7.20. The molecule has 1 heterocycles. The molecule has 53 heavy (non-hydrogen) atoms. The van der Waals surface area contributed by atoms with Crippen molar-refractivity contribution in [1.82, 2.24) is 0 Å². The van der Waals surface area contributed by atoms with Crippen LogP contribution in [-0.2, 0) is 23.7 Å². The summed E-state index contributed by atoms with van der Waals surface area (Å²) in [5.41, 5.74) is 0. The molecule has 9 nitrogen and oxygen atoms in total. The first-order valence-electron chi connectivity index (χ1n) is 22.6. The summed E-state index contributed by atoms with van der Waals surface area (Å²) in [6, 6.07) is 0. The number of rotatable bonds is 39. The van der Waals surface area contributed by atoms with Gasteiger partial charge in [-0.2, -0.15) is 0 Å². The number of hydrogen-bond acceptors (Lipinski definition) is 9. The second kappa shape index (κ2) is 36.8. The number of aliphatic hydroxyl groups is 4. The van der Waals surface area contributed by atoms with Crippen LogP contribution in [-0.4, -0.2) is 89.6 Å². The van der Waals surface area contributed by atoms with E-state index >= 15 is 0 Å². The summed E-state index contributed by atoms with van der Waals surface area (Å²) in [6.07, 6.45) is 31.5. The highest BCUT2D eigenvalue weighted by Gasteiger charge is 2.44. The van der Waals surface area contributed by atoms with Gasteiger partial charge in [0.15, 0.2) is 6.29 Å². The summed E-state index contributed by atoms with van der Waals surface area (Å²) in [4.78, 5) is 12.7. The Labute approximate surface area is 325 Å². The van der Waals surface area contributed by atoms with E-state index in [2.05, 4.69) is 13.8 Å². The molecule has 1 rings (SSSR count). The first-order valence-corrected chi connectivity index (χ1v) is 22.6. The van der Waals surface area contributed by atoms with Crippen molar-refractivity contribution in [2.45, 2.75) is 250 Å². The Morgan fingerprint density at radius 2 is 0.925 bits per heavy atom. The van der Waals surface area contributed by atoms with Gasteiger partial charge < -0.3 is 39.4 Å². The molecule has 1 saturated heterocycles. The normalized spacial score (nSPS) is 20.9. The molecule has 9 heteroatoms. The quantitative estimate of drug-likeness (QED) is 0.0357. The predicted octanol–water partition coefficient (Wildman–Crippen LogP) is 9.86. The fraction of sp³-hybridized carbons (Fsp3) is 0.977. The molecule has 0 amide bonds. The van der Waals surface area contributed by atoms with Crippen molar-refractivity contribution in [1.29, 1.82) is 0 Å². The zero-order chi connectivity index (χ0) is 38.6. The van der Waals surface area contributed by atoms with Crippen molar-refractivity contribution < 1.29 is 44.2 Å². The number of unbranched alkanes of at least 4 members (excludes halogenated alkanes) is 28. The van der Waals surface area contributed by atoms with Gasteiger partial charge in [0.1, 0.15) is 30.5 Å². The lowest BCUT2D eigenvalue weighted by Crippen LogP contribution is -2.59. The first-order chi connectivity index (χ1) is 25.9. The van der Waals surface area contributed by atoms with Gasteiger partial charge in [-0.15, -0.1) is 0 Å². The van der Waals surface area contributed by atoms with Gasteiger partial charge in [-0.05, 0) is 12.8 Å². The van der Waals surface area contributed by atoms with Crippen LogP contribution in [0, 0.1) is 0 Å². The van der Waals surface area contributed by atoms with E-state index in [1.165, 1.54) is 161 Å². The highest BCUT2D eigenvalue weighted by molar-refractivity contribution is 5.69. The van der Waals surface area contributed by atoms with Crippen molar-refractivity contribution in [2.75, 3.05) is 26.4 Å². The molecule has 6 unspecified atom stereocenters. The number of aliphatic hydroxyl groups excluding tert-OH is 4. The molecule has 0 aromatic carbocycles. The maximum atomic E-state index is 12.7. The molecule has 0 saturated carbocycles. The molecule has 0 spiro atoms. The Morgan fingerprint density at radius 1 is 0.528 bits per heavy atom. The summed E-state index contributed by atoms with van der Waals surface area (Å²) in [6.45, 7) is 4.57. The molecule has 0 aromatic rings. The van der Waals surface area contributed by atoms with Crippen LogP contribution in [0.25, 0.3) is 0 Å². The molecule has 6 atom stereocenters. The SMILES string of the molecule is CCCCCCCCCCCCCCCCCCCCCCCCC(=O)OC(COCCCCCCCCCC)COC1OC(CO)C(O)C(O)C1O. The average Bonchev–Trinajstić information content (AvgIpc) is 3.16. The van der Waals surface area contributed by atoms with Crippen LogP contribution in [0.3, 0.4) is 0 Å². The monoisotopic (exact) mass is 759 g/mol. The van der Waals surface area contributed by atoms with E-state index in [1.807, 2.05) is 0 Å². The Hall–Kier alpha value is -0.810. The largest absolute Gasteiger partial charge is 0.457 e. The standard InChI is InChI=1S/C44H86O9/c1-3-5-7-9-11-13-14-15-16-17-18-19-20-21-22-23-24-25-26-27-29-31-33-40(46)52-38(36-50-34-32-30-28-12-10-8-6-4-2)37-51-44-43(49)42(48)41(47)39(35-45)53-44/h38-39,41-45,47-49H,3-37H2,1-2H3. The predicted molar refractivity (Wildman–Crippen MR) is 215 cm³/mol. The van der Waals surface area contributed by atoms with Gasteiger partial charge in [0.05, 0.1) is 19.8 Å². The van der Waals surface area contributed by atoms with E-state index in [0.29, 0.717) is 13.0 Å². The second-order valence-corrected chi connectivity index (χ2v) is 15.9. The molecule has 4 N–H and O–H groups in total. The Morgan fingerprint density at radius 3 is 1.34 bits per heavy atom. The van der Waals surface area contributed by atoms with E-state index in [-0.39, 0.29) is 19.2 Å². The zero-order valence-corrected chi connectivity index (χ0v) is 34.5. The number of esters is 1. The van der Waals surface area contributed by atoms with Crippen LogP contribution in [0.5, 0.6) is 0 Å². The van der Waals surface area contributed by atoms with Gasteiger partial charge in [0.2, 0.25) is 0 Å². The number of carbonyl (C=O) groups excluding carboxylic acids is 1. The smallest absolute Gasteiger partial charge is 0.306 e. The van der Waals surface area contributed by atoms with Gasteiger partial charge in [-0.1, -0.05) is 194 Å². The molecule has 1 fully saturated rings. The van der Waals surface area contributed by atoms with E-state index in [1.54, 1.807) is 0 Å². The van der Waals surface area contributed by atoms with Crippen LogP contribution in [0.15, 0.2) is 0 Å². The Balaban J connectivity index is 2.15. The molecule has 1 aliphatic heterocycles. The van der Waals surface area contributed by atoms with E-state index in [4.69, 9.17) is 18.9 Å². The third-order valence-electron chi connectivity index (χ3n) is 10.8. The van der Waals surface area contributed by atoms with Crippen molar-refractivity contribution in [3.8, 4) is 0 Å². The molecule has 0 aromatic heterocycles. The third kappa shape index (κ3) is 28.3. The van der Waals surface area contributed by atoms with Gasteiger partial charge in [-0.3, -0.25) is 4.79 Å². The zero-order valence-electron chi connectivity index (χ0n) is 34.5. The summed E-state index contributed by atoms with van der Waals surface area (Å²) in [5.74, 6) is -0.309. The lowest BCUT2D eigenvalue weighted by molar-refractivity contribution is -0.305. The van der Waals surface area contributed by atoms with Crippen LogP contribution in [0.1, 0.15) is 213 Å². The highest BCUT2D eigenvalue weighted by Crippen LogP contribution is 2.23. The molecular formula is C44H86O9. The van der Waals surface area contributed by atoms with E-state index < -0.39 is 43.4 Å². The van der Waals surface area contributed by atoms with Crippen LogP contribution in [0.4, 0.5) is 0 Å². The fourth-order valence-electron chi connectivity index (χ4n) is 7.20. The lowest BCUT2D eigenvalue weighted by atomic mass is 9.99. The Kier molecular flexibility index (Phi) is 34.9. The number of hydrogen-bond donors (Lipinski definition) is 4. The van der Waals surface area contributed by atoms with E-state index in [9.17, 15) is 25.2 Å². The van der Waals surface area contributed by atoms with Gasteiger partial charge in [0.25, 0.3) is 0 Å². The van der Waals surface area contributed by atoms with Crippen LogP contribution >= 0.6 is 0 Å². The average molecular weight is 759 g/mol. The molecule has 316 valence electrons. The molecular weight excluding hydrogens is 672 g/mol. The minimum atomic E-state index is -1.53. The number of ether oxygens (including phenoxy) is 4. The summed E-state index contributed by atoms with van der Waals surface area (Å²) in [7, 11) is 0. The van der Waals surface area contributed by atoms with Crippen molar-refractivity contribution in [2.24, 2.45) is 0 Å². The summed E-state index contributed by atoms with van der Waals surface area (Å²) in [5, 5.41) is 40.0.